The van der Waals surface area contributed by atoms with Crippen LogP contribution in [0.4, 0.5) is 52.7 Å². The van der Waals surface area contributed by atoms with Gasteiger partial charge in [-0.05, 0) is 50.6 Å². The van der Waals surface area contributed by atoms with E-state index < -0.39 is 106 Å². The Labute approximate surface area is 249 Å². The van der Waals surface area contributed by atoms with Crippen molar-refractivity contribution in [2.75, 3.05) is 6.54 Å². The summed E-state index contributed by atoms with van der Waals surface area (Å²) < 4.78 is 164. The molecule has 0 aliphatic rings. The molecule has 0 fully saturated rings. The van der Waals surface area contributed by atoms with E-state index in [1.165, 1.54) is 5.32 Å². The highest BCUT2D eigenvalue weighted by atomic mass is 19.4. The van der Waals surface area contributed by atoms with Crippen molar-refractivity contribution in [1.29, 1.82) is 0 Å². The summed E-state index contributed by atoms with van der Waals surface area (Å²) in [5, 5.41) is 1.48. The number of carbonyl (C=O) groups is 2. The molecule has 1 unspecified atom stereocenters. The Morgan fingerprint density at radius 3 is 2.04 bits per heavy atom. The lowest BCUT2D eigenvalue weighted by Gasteiger charge is -2.19. The Hall–Kier alpha value is -3.96. The topological polar surface area (TPSA) is 46.2 Å². The standard InChI is InChI=1S/C30H25F12NO2/c1-15(26(45)43-14-28(34,35)36)9-24(44)19-6-5-16(11-21(19)30(40,41)42)22(31)13-20(29(37,38)39)18-10-17(7-8-27(2,3)4)25(33)23(32)12-18/h5-6,10-13,15,20H,9,14H2,1-4H3,(H,43,45)/b22-13-/t15-,20?/m0/s1. The van der Waals surface area contributed by atoms with Crippen LogP contribution in [0.1, 0.15) is 72.6 Å². The fourth-order valence-electron chi connectivity index (χ4n) is 3.77. The van der Waals surface area contributed by atoms with Crippen molar-refractivity contribution in [3.05, 3.63) is 75.9 Å². The molecule has 0 saturated carbocycles. The molecule has 2 aromatic carbocycles. The Morgan fingerprint density at radius 2 is 1.53 bits per heavy atom. The predicted molar refractivity (Wildman–Crippen MR) is 139 cm³/mol. The van der Waals surface area contributed by atoms with Gasteiger partial charge in [0.05, 0.1) is 11.1 Å². The second-order valence-corrected chi connectivity index (χ2v) is 11.0. The molecule has 2 atom stereocenters. The van der Waals surface area contributed by atoms with Crippen molar-refractivity contribution in [1.82, 2.24) is 5.32 Å². The van der Waals surface area contributed by atoms with Crippen LogP contribution in [0.15, 0.2) is 36.4 Å². The van der Waals surface area contributed by atoms with Crippen LogP contribution in [0, 0.1) is 34.8 Å². The summed E-state index contributed by atoms with van der Waals surface area (Å²) in [6.07, 6.45) is -16.7. The Bertz CT molecular complexity index is 1520. The van der Waals surface area contributed by atoms with Crippen LogP contribution in [-0.4, -0.2) is 30.6 Å². The Balaban J connectivity index is 2.54. The fraction of sp³-hybridized carbons (Fsp3) is 0.400. The first-order valence-electron chi connectivity index (χ1n) is 12.9. The zero-order chi connectivity index (χ0) is 34.7. The molecule has 15 heteroatoms. The molecule has 0 aliphatic carbocycles. The van der Waals surface area contributed by atoms with Crippen molar-refractivity contribution in [2.45, 2.75) is 58.6 Å². The summed E-state index contributed by atoms with van der Waals surface area (Å²) in [5.74, 6) is -7.59. The van der Waals surface area contributed by atoms with E-state index in [1.54, 1.807) is 20.8 Å². The van der Waals surface area contributed by atoms with Gasteiger partial charge in [0.15, 0.2) is 17.4 Å². The normalized spacial score (nSPS) is 14.4. The summed E-state index contributed by atoms with van der Waals surface area (Å²) in [4.78, 5) is 24.4. The second kappa shape index (κ2) is 13.6. The third-order valence-electron chi connectivity index (χ3n) is 5.95. The van der Waals surface area contributed by atoms with Crippen LogP contribution in [0.3, 0.4) is 0 Å². The summed E-state index contributed by atoms with van der Waals surface area (Å²) >= 11 is 0. The number of alkyl halides is 9. The quantitative estimate of drug-likeness (QED) is 0.175. The highest BCUT2D eigenvalue weighted by Gasteiger charge is 2.41. The smallest absolute Gasteiger partial charge is 0.347 e. The van der Waals surface area contributed by atoms with Gasteiger partial charge in [-0.3, -0.25) is 9.59 Å². The molecule has 2 aromatic rings. The second-order valence-electron chi connectivity index (χ2n) is 11.0. The zero-order valence-electron chi connectivity index (χ0n) is 23.9. The van der Waals surface area contributed by atoms with E-state index in [2.05, 4.69) is 11.8 Å². The van der Waals surface area contributed by atoms with Gasteiger partial charge < -0.3 is 5.32 Å². The number of Topliss-reactive ketones (excluding diaryl/α,β-unsaturated/α-hetero) is 1. The Kier molecular flexibility index (Phi) is 11.2. The number of carbonyl (C=O) groups excluding carboxylic acids is 2. The minimum absolute atomic E-state index is 0.0341. The van der Waals surface area contributed by atoms with E-state index in [0.29, 0.717) is 18.2 Å². The minimum atomic E-state index is -5.37. The summed E-state index contributed by atoms with van der Waals surface area (Å²) in [7, 11) is 0. The number of hydrogen-bond acceptors (Lipinski definition) is 2. The van der Waals surface area contributed by atoms with E-state index in [9.17, 15) is 57.9 Å². The lowest BCUT2D eigenvalue weighted by Crippen LogP contribution is -2.37. The van der Waals surface area contributed by atoms with E-state index in [4.69, 9.17) is 0 Å². The largest absolute Gasteiger partial charge is 0.417 e. The fourth-order valence-corrected chi connectivity index (χ4v) is 3.77. The molecule has 0 radical (unpaired) electrons. The van der Waals surface area contributed by atoms with E-state index >= 15 is 4.39 Å². The zero-order valence-corrected chi connectivity index (χ0v) is 23.9. The molecule has 2 rings (SSSR count). The van der Waals surface area contributed by atoms with E-state index in [0.717, 1.165) is 6.92 Å². The average molecular weight is 660 g/mol. The summed E-state index contributed by atoms with van der Waals surface area (Å²) in [6.45, 7) is 3.97. The predicted octanol–water partition coefficient (Wildman–Crippen LogP) is 8.93. The van der Waals surface area contributed by atoms with Crippen LogP contribution in [0.2, 0.25) is 0 Å². The third kappa shape index (κ3) is 10.9. The van der Waals surface area contributed by atoms with Crippen molar-refractivity contribution < 1.29 is 62.3 Å². The van der Waals surface area contributed by atoms with Gasteiger partial charge in [0.25, 0.3) is 0 Å². The maximum Gasteiger partial charge on any atom is 0.417 e. The third-order valence-corrected chi connectivity index (χ3v) is 5.95. The molecule has 0 heterocycles. The highest BCUT2D eigenvalue weighted by Crippen LogP contribution is 2.41. The Morgan fingerprint density at radius 1 is 0.933 bits per heavy atom. The molecular weight excluding hydrogens is 634 g/mol. The van der Waals surface area contributed by atoms with E-state index in [1.807, 2.05) is 0 Å². The van der Waals surface area contributed by atoms with Crippen molar-refractivity contribution in [3.63, 3.8) is 0 Å². The highest BCUT2D eigenvalue weighted by molar-refractivity contribution is 6.00. The van der Waals surface area contributed by atoms with E-state index in [-0.39, 0.29) is 18.2 Å². The van der Waals surface area contributed by atoms with Crippen LogP contribution in [-0.2, 0) is 11.0 Å². The molecular formula is C30H25F12NO2. The van der Waals surface area contributed by atoms with Crippen molar-refractivity contribution in [2.24, 2.45) is 11.3 Å². The molecule has 3 nitrogen and oxygen atoms in total. The first-order chi connectivity index (χ1) is 20.3. The molecule has 246 valence electrons. The van der Waals surface area contributed by atoms with Gasteiger partial charge in [-0.25, -0.2) is 13.2 Å². The van der Waals surface area contributed by atoms with Gasteiger partial charge >= 0.3 is 18.5 Å². The molecule has 45 heavy (non-hydrogen) atoms. The molecule has 0 saturated heterocycles. The number of rotatable bonds is 8. The van der Waals surface area contributed by atoms with Gasteiger partial charge in [0, 0.05) is 28.9 Å². The van der Waals surface area contributed by atoms with Crippen LogP contribution in [0.5, 0.6) is 0 Å². The summed E-state index contributed by atoms with van der Waals surface area (Å²) in [5.41, 5.74) is -6.53. The van der Waals surface area contributed by atoms with Crippen molar-refractivity contribution in [3.8, 4) is 11.8 Å². The maximum atomic E-state index is 15.2. The monoisotopic (exact) mass is 659 g/mol. The molecule has 0 bridgehead atoms. The van der Waals surface area contributed by atoms with Gasteiger partial charge in [0.1, 0.15) is 18.3 Å². The van der Waals surface area contributed by atoms with Crippen molar-refractivity contribution >= 4 is 17.5 Å². The first kappa shape index (κ1) is 37.2. The minimum Gasteiger partial charge on any atom is -0.347 e. The lowest BCUT2D eigenvalue weighted by atomic mass is 9.92. The lowest BCUT2D eigenvalue weighted by molar-refractivity contribution is -0.140. The number of halogens is 12. The van der Waals surface area contributed by atoms with Gasteiger partial charge in [-0.1, -0.05) is 30.9 Å². The molecule has 0 aromatic heterocycles. The number of nitrogens with one attached hydrogen (secondary N) is 1. The van der Waals surface area contributed by atoms with Crippen LogP contribution < -0.4 is 5.32 Å². The van der Waals surface area contributed by atoms with Gasteiger partial charge in [-0.15, -0.1) is 0 Å². The number of allylic oxidation sites excluding steroid dienone is 1. The SMILES string of the molecule is C[C@@H](CC(=O)c1ccc(/C(F)=C/C(c2cc(F)c(F)c(C#CC(C)(C)C)c2)C(F)(F)F)cc1C(F)(F)F)C(=O)NCC(F)(F)F. The average Bonchev–Trinajstić information content (AvgIpc) is 2.88. The summed E-state index contributed by atoms with van der Waals surface area (Å²) in [6, 6.07) is 1.70. The molecule has 0 aliphatic heterocycles. The molecule has 0 spiro atoms. The van der Waals surface area contributed by atoms with Crippen LogP contribution >= 0.6 is 0 Å². The number of ketones is 1. The molecule has 1 amide bonds. The number of hydrogen-bond donors (Lipinski definition) is 1. The maximum absolute atomic E-state index is 15.2. The van der Waals surface area contributed by atoms with Gasteiger partial charge in [0.2, 0.25) is 5.91 Å². The number of amides is 1. The van der Waals surface area contributed by atoms with Crippen LogP contribution in [0.25, 0.3) is 5.83 Å². The van der Waals surface area contributed by atoms with Gasteiger partial charge in [-0.2, -0.15) is 39.5 Å². The number of benzene rings is 2. The molecule has 1 N–H and O–H groups in total. The first-order valence-corrected chi connectivity index (χ1v) is 12.9.